The van der Waals surface area contributed by atoms with Crippen LogP contribution >= 0.6 is 11.8 Å². The van der Waals surface area contributed by atoms with Gasteiger partial charge in [-0.2, -0.15) is 13.8 Å². The lowest BCUT2D eigenvalue weighted by Gasteiger charge is -2.32. The number of nitrogens with zero attached hydrogens (tertiary/aromatic N) is 4. The minimum atomic E-state index is -0.839. The van der Waals surface area contributed by atoms with Gasteiger partial charge in [0.25, 0.3) is 11.1 Å². The third-order valence-corrected chi connectivity index (χ3v) is 7.13. The Bertz CT molecular complexity index is 1340. The summed E-state index contributed by atoms with van der Waals surface area (Å²) in [5.74, 6) is -1.02. The molecule has 0 saturated carbocycles. The highest BCUT2D eigenvalue weighted by Gasteiger charge is 2.26. The van der Waals surface area contributed by atoms with Crippen LogP contribution in [0.1, 0.15) is 24.1 Å². The largest absolute Gasteiger partial charge is 0.341 e. The first-order valence-electron chi connectivity index (χ1n) is 11.9. The molecular weight excluding hydrogens is 498 g/mol. The van der Waals surface area contributed by atoms with E-state index in [4.69, 9.17) is 0 Å². The van der Waals surface area contributed by atoms with Crippen molar-refractivity contribution in [1.82, 2.24) is 25.6 Å². The second-order valence-corrected chi connectivity index (χ2v) is 9.87. The van der Waals surface area contributed by atoms with E-state index in [0.717, 1.165) is 55.4 Å². The number of anilines is 1. The molecular formula is C26H24F2N6O2S. The third kappa shape index (κ3) is 6.17. The van der Waals surface area contributed by atoms with Crippen molar-refractivity contribution in [2.45, 2.75) is 19.4 Å². The van der Waals surface area contributed by atoms with Crippen molar-refractivity contribution in [1.29, 1.82) is 0 Å². The van der Waals surface area contributed by atoms with Gasteiger partial charge in [-0.3, -0.25) is 14.9 Å². The summed E-state index contributed by atoms with van der Waals surface area (Å²) in [5.41, 5.74) is 2.77. The number of halogens is 2. The Morgan fingerprint density at radius 3 is 2.57 bits per heavy atom. The fraction of sp³-hybridized carbons (Fsp3) is 0.269. The van der Waals surface area contributed by atoms with Crippen molar-refractivity contribution in [2.75, 3.05) is 24.5 Å². The minimum Gasteiger partial charge on any atom is -0.341 e. The van der Waals surface area contributed by atoms with Crippen LogP contribution in [0.25, 0.3) is 17.2 Å². The summed E-state index contributed by atoms with van der Waals surface area (Å²) >= 11 is 0.861. The fourth-order valence-corrected chi connectivity index (χ4v) is 5.14. The van der Waals surface area contributed by atoms with E-state index in [1.807, 2.05) is 24.3 Å². The molecule has 190 valence electrons. The second kappa shape index (κ2) is 11.1. The van der Waals surface area contributed by atoms with Crippen LogP contribution in [0, 0.1) is 17.8 Å². The van der Waals surface area contributed by atoms with Crippen molar-refractivity contribution in [3.63, 3.8) is 0 Å². The van der Waals surface area contributed by atoms with Gasteiger partial charge in [-0.15, -0.1) is 0 Å². The Morgan fingerprint density at radius 1 is 1.08 bits per heavy atom. The van der Waals surface area contributed by atoms with Crippen molar-refractivity contribution in [3.8, 4) is 11.1 Å². The topological polar surface area (TPSA) is 100 Å². The molecule has 2 amide bonds. The lowest BCUT2D eigenvalue weighted by atomic mass is 9.96. The van der Waals surface area contributed by atoms with Gasteiger partial charge in [0.15, 0.2) is 0 Å². The molecule has 2 aliphatic heterocycles. The summed E-state index contributed by atoms with van der Waals surface area (Å²) < 4.78 is 27.3. The molecule has 4 heterocycles. The maximum absolute atomic E-state index is 13.6. The average Bonchev–Trinajstić information content (AvgIpc) is 3.20. The van der Waals surface area contributed by atoms with Gasteiger partial charge in [0.1, 0.15) is 0 Å². The van der Waals surface area contributed by atoms with Crippen molar-refractivity contribution >= 4 is 34.9 Å². The normalized spacial score (nSPS) is 17.5. The molecule has 0 unspecified atom stereocenters. The van der Waals surface area contributed by atoms with Crippen LogP contribution in [-0.2, 0) is 11.3 Å². The SMILES string of the molecule is O=C1NC(=O)/C(=C\c2ccnc(N3CCC(CNCc4ccccc4-c4cc(F)nc(F)c4)CC3)n2)S1. The number of piperidine rings is 1. The zero-order chi connectivity index (χ0) is 25.8. The highest BCUT2D eigenvalue weighted by atomic mass is 32.2. The molecule has 0 atom stereocenters. The van der Waals surface area contributed by atoms with Gasteiger partial charge in [-0.25, -0.2) is 9.97 Å². The van der Waals surface area contributed by atoms with Gasteiger partial charge in [0.2, 0.25) is 17.8 Å². The molecule has 5 rings (SSSR count). The van der Waals surface area contributed by atoms with Crippen molar-refractivity contribution in [3.05, 3.63) is 76.7 Å². The molecule has 2 aliphatic rings. The van der Waals surface area contributed by atoms with Crippen molar-refractivity contribution in [2.24, 2.45) is 5.92 Å². The first kappa shape index (κ1) is 25.0. The van der Waals surface area contributed by atoms with Gasteiger partial charge in [0.05, 0.1) is 10.6 Å². The maximum Gasteiger partial charge on any atom is 0.290 e. The molecule has 2 saturated heterocycles. The number of hydrogen-bond acceptors (Lipinski definition) is 8. The molecule has 0 bridgehead atoms. The van der Waals surface area contributed by atoms with E-state index in [1.54, 1.807) is 18.3 Å². The molecule has 2 N–H and O–H groups in total. The number of rotatable bonds is 7. The van der Waals surface area contributed by atoms with E-state index in [-0.39, 0.29) is 5.24 Å². The fourth-order valence-electron chi connectivity index (χ4n) is 4.47. The number of carbonyl (C=O) groups is 2. The van der Waals surface area contributed by atoms with Crippen molar-refractivity contribution < 1.29 is 18.4 Å². The Morgan fingerprint density at radius 2 is 1.84 bits per heavy atom. The van der Waals surface area contributed by atoms with Crippen LogP contribution < -0.4 is 15.5 Å². The Labute approximate surface area is 216 Å². The highest BCUT2D eigenvalue weighted by molar-refractivity contribution is 8.18. The van der Waals surface area contributed by atoms with E-state index in [2.05, 4.69) is 30.5 Å². The number of aromatic nitrogens is 3. The quantitative estimate of drug-likeness (QED) is 0.353. The van der Waals surface area contributed by atoms with Crippen LogP contribution in [0.5, 0.6) is 0 Å². The van der Waals surface area contributed by atoms with Crippen LogP contribution in [0.3, 0.4) is 0 Å². The van der Waals surface area contributed by atoms with E-state index in [9.17, 15) is 18.4 Å². The number of hydrogen-bond donors (Lipinski definition) is 2. The molecule has 3 aromatic rings. The second-order valence-electron chi connectivity index (χ2n) is 8.85. The molecule has 0 spiro atoms. The first-order valence-corrected chi connectivity index (χ1v) is 12.7. The molecule has 1 aromatic carbocycles. The molecule has 2 aromatic heterocycles. The molecule has 8 nitrogen and oxygen atoms in total. The number of pyridine rings is 1. The lowest BCUT2D eigenvalue weighted by molar-refractivity contribution is -0.115. The monoisotopic (exact) mass is 522 g/mol. The number of thioether (sulfide) groups is 1. The first-order chi connectivity index (χ1) is 17.9. The molecule has 0 aliphatic carbocycles. The van der Waals surface area contributed by atoms with E-state index in [0.29, 0.717) is 34.6 Å². The van der Waals surface area contributed by atoms with E-state index >= 15 is 0 Å². The summed E-state index contributed by atoms with van der Waals surface area (Å²) in [6.45, 7) is 2.99. The smallest absolute Gasteiger partial charge is 0.290 e. The molecule has 11 heteroatoms. The number of nitrogens with one attached hydrogen (secondary N) is 2. The Hall–Kier alpha value is -3.70. The summed E-state index contributed by atoms with van der Waals surface area (Å²) in [4.78, 5) is 37.7. The predicted octanol–water partition coefficient (Wildman–Crippen LogP) is 4.15. The number of amides is 2. The maximum atomic E-state index is 13.6. The standard InChI is InChI=1S/C26H24F2N6O2S/c27-22-11-18(12-23(28)32-22)20-4-2-1-3-17(20)15-29-14-16-6-9-34(10-7-16)25-30-8-5-19(31-25)13-21-24(35)33-26(36)37-21/h1-5,8,11-13,16,29H,6-7,9-10,14-15H2,(H,33,35,36)/b21-13+. The average molecular weight is 523 g/mol. The van der Waals surface area contributed by atoms with Gasteiger partial charge in [-0.05, 0) is 65.9 Å². The van der Waals surface area contributed by atoms with Gasteiger partial charge < -0.3 is 10.2 Å². The van der Waals surface area contributed by atoms with E-state index in [1.165, 1.54) is 12.1 Å². The molecule has 37 heavy (non-hydrogen) atoms. The third-order valence-electron chi connectivity index (χ3n) is 6.32. The minimum absolute atomic E-state index is 0.320. The van der Waals surface area contributed by atoms with Crippen LogP contribution in [0.2, 0.25) is 0 Å². The summed E-state index contributed by atoms with van der Waals surface area (Å²) in [5, 5.41) is 5.35. The zero-order valence-electron chi connectivity index (χ0n) is 19.8. The van der Waals surface area contributed by atoms with Crippen LogP contribution in [-0.4, -0.2) is 45.7 Å². The lowest BCUT2D eigenvalue weighted by Crippen LogP contribution is -2.38. The predicted molar refractivity (Wildman–Crippen MR) is 137 cm³/mol. The van der Waals surface area contributed by atoms with Gasteiger partial charge >= 0.3 is 0 Å². The van der Waals surface area contributed by atoms with Gasteiger partial charge in [-0.1, -0.05) is 24.3 Å². The van der Waals surface area contributed by atoms with Gasteiger partial charge in [0, 0.05) is 38.0 Å². The zero-order valence-corrected chi connectivity index (χ0v) is 20.6. The Balaban J connectivity index is 1.15. The highest BCUT2D eigenvalue weighted by Crippen LogP contribution is 2.27. The van der Waals surface area contributed by atoms with Crippen LogP contribution in [0.4, 0.5) is 19.5 Å². The van der Waals surface area contributed by atoms with Crippen LogP contribution in [0.15, 0.2) is 53.6 Å². The number of carbonyl (C=O) groups excluding carboxylic acids is 2. The summed E-state index contributed by atoms with van der Waals surface area (Å²) in [6.07, 6.45) is 5.16. The number of imide groups is 1. The molecule has 2 fully saturated rings. The molecule has 0 radical (unpaired) electrons. The Kier molecular flexibility index (Phi) is 7.52. The van der Waals surface area contributed by atoms with E-state index < -0.39 is 17.8 Å². The number of benzene rings is 1. The summed E-state index contributed by atoms with van der Waals surface area (Å²) in [6, 6.07) is 11.7. The summed E-state index contributed by atoms with van der Waals surface area (Å²) in [7, 11) is 0.